The van der Waals surface area contributed by atoms with Gasteiger partial charge < -0.3 is 9.64 Å². The van der Waals surface area contributed by atoms with Crippen molar-refractivity contribution in [3.8, 4) is 11.1 Å². The molecule has 1 amide bonds. The van der Waals surface area contributed by atoms with Crippen LogP contribution in [0.2, 0.25) is 0 Å². The number of benzene rings is 3. The van der Waals surface area contributed by atoms with Crippen LogP contribution in [-0.2, 0) is 27.2 Å². The monoisotopic (exact) mass is 427 g/mol. The van der Waals surface area contributed by atoms with Gasteiger partial charge in [0, 0.05) is 13.1 Å². The first-order chi connectivity index (χ1) is 15.7. The van der Waals surface area contributed by atoms with Crippen molar-refractivity contribution < 1.29 is 14.3 Å². The molecule has 0 unspecified atom stereocenters. The van der Waals surface area contributed by atoms with Gasteiger partial charge >= 0.3 is 5.97 Å². The molecule has 0 N–H and O–H groups in total. The van der Waals surface area contributed by atoms with E-state index >= 15 is 0 Å². The standard InChI is InChI=1S/C28H29NO3/c30-27(29-17-15-24(16-18-29)19-22-7-3-1-4-8-22)21-32-28(31)20-23-11-13-26(14-12-23)25-9-5-2-6-10-25/h1-14,24H,15-21H2. The molecule has 1 saturated heterocycles. The second-order valence-electron chi connectivity index (χ2n) is 8.41. The molecule has 164 valence electrons. The molecule has 0 aromatic heterocycles. The van der Waals surface area contributed by atoms with Crippen molar-refractivity contribution >= 4 is 11.9 Å². The predicted molar refractivity (Wildman–Crippen MR) is 126 cm³/mol. The molecule has 0 atom stereocenters. The van der Waals surface area contributed by atoms with Crippen molar-refractivity contribution in [3.05, 3.63) is 96.1 Å². The Morgan fingerprint density at radius 2 is 1.34 bits per heavy atom. The largest absolute Gasteiger partial charge is 0.455 e. The van der Waals surface area contributed by atoms with Gasteiger partial charge in [-0.1, -0.05) is 84.9 Å². The average Bonchev–Trinajstić information content (AvgIpc) is 2.85. The Balaban J connectivity index is 1.18. The van der Waals surface area contributed by atoms with Crippen molar-refractivity contribution in [2.75, 3.05) is 19.7 Å². The predicted octanol–water partition coefficient (Wildman–Crippen LogP) is 4.92. The molecular weight excluding hydrogens is 398 g/mol. The third kappa shape index (κ3) is 6.07. The van der Waals surface area contributed by atoms with Crippen molar-refractivity contribution in [3.63, 3.8) is 0 Å². The third-order valence-electron chi connectivity index (χ3n) is 6.10. The maximum atomic E-state index is 12.5. The normalized spacial score (nSPS) is 14.2. The lowest BCUT2D eigenvalue weighted by molar-refractivity contribution is -0.152. The lowest BCUT2D eigenvalue weighted by atomic mass is 9.90. The molecule has 1 aliphatic heterocycles. The van der Waals surface area contributed by atoms with Crippen LogP contribution in [0.3, 0.4) is 0 Å². The Labute approximate surface area is 189 Å². The van der Waals surface area contributed by atoms with Crippen LogP contribution in [0.15, 0.2) is 84.9 Å². The lowest BCUT2D eigenvalue weighted by Crippen LogP contribution is -2.41. The number of ether oxygens (including phenoxy) is 1. The summed E-state index contributed by atoms with van der Waals surface area (Å²) in [6.07, 6.45) is 3.20. The van der Waals surface area contributed by atoms with Gasteiger partial charge in [-0.3, -0.25) is 9.59 Å². The van der Waals surface area contributed by atoms with Gasteiger partial charge in [-0.2, -0.15) is 0 Å². The van der Waals surface area contributed by atoms with Gasteiger partial charge in [-0.25, -0.2) is 0 Å². The second kappa shape index (κ2) is 10.8. The van der Waals surface area contributed by atoms with E-state index in [-0.39, 0.29) is 24.9 Å². The van der Waals surface area contributed by atoms with Crippen LogP contribution in [0.4, 0.5) is 0 Å². The zero-order chi connectivity index (χ0) is 22.2. The van der Waals surface area contributed by atoms with E-state index in [0.717, 1.165) is 49.0 Å². The van der Waals surface area contributed by atoms with Gasteiger partial charge in [-0.05, 0) is 47.4 Å². The summed E-state index contributed by atoms with van der Waals surface area (Å²) in [6.45, 7) is 1.29. The molecule has 1 fully saturated rings. The molecule has 3 aromatic rings. The number of hydrogen-bond donors (Lipinski definition) is 0. The maximum Gasteiger partial charge on any atom is 0.310 e. The lowest BCUT2D eigenvalue weighted by Gasteiger charge is -2.32. The van der Waals surface area contributed by atoms with Crippen molar-refractivity contribution in [2.24, 2.45) is 5.92 Å². The zero-order valence-corrected chi connectivity index (χ0v) is 18.3. The highest BCUT2D eigenvalue weighted by molar-refractivity contribution is 5.81. The molecule has 3 aromatic carbocycles. The summed E-state index contributed by atoms with van der Waals surface area (Å²) in [5.74, 6) is 0.128. The molecule has 0 aliphatic carbocycles. The molecule has 4 rings (SSSR count). The van der Waals surface area contributed by atoms with Crippen LogP contribution < -0.4 is 0 Å². The minimum atomic E-state index is -0.371. The fraction of sp³-hybridized carbons (Fsp3) is 0.286. The van der Waals surface area contributed by atoms with E-state index in [0.29, 0.717) is 5.92 Å². The molecular formula is C28H29NO3. The summed E-state index contributed by atoms with van der Waals surface area (Å²) < 4.78 is 5.27. The molecule has 32 heavy (non-hydrogen) atoms. The number of rotatable bonds is 7. The highest BCUT2D eigenvalue weighted by atomic mass is 16.5. The number of hydrogen-bond acceptors (Lipinski definition) is 3. The van der Waals surface area contributed by atoms with Crippen molar-refractivity contribution in [2.45, 2.75) is 25.7 Å². The van der Waals surface area contributed by atoms with Crippen LogP contribution in [0.25, 0.3) is 11.1 Å². The minimum absolute atomic E-state index is 0.101. The van der Waals surface area contributed by atoms with Gasteiger partial charge in [0.05, 0.1) is 6.42 Å². The van der Waals surface area contributed by atoms with E-state index in [2.05, 4.69) is 36.4 Å². The fourth-order valence-corrected chi connectivity index (χ4v) is 4.23. The fourth-order valence-electron chi connectivity index (χ4n) is 4.23. The summed E-state index contributed by atoms with van der Waals surface area (Å²) in [6, 6.07) is 28.5. The molecule has 4 nitrogen and oxygen atoms in total. The van der Waals surface area contributed by atoms with Gasteiger partial charge in [0.25, 0.3) is 5.91 Å². The minimum Gasteiger partial charge on any atom is -0.455 e. The van der Waals surface area contributed by atoms with Crippen molar-refractivity contribution in [1.82, 2.24) is 4.90 Å². The smallest absolute Gasteiger partial charge is 0.310 e. The summed E-state index contributed by atoms with van der Waals surface area (Å²) in [5.41, 5.74) is 4.47. The summed E-state index contributed by atoms with van der Waals surface area (Å²) in [5, 5.41) is 0. The highest BCUT2D eigenvalue weighted by Crippen LogP contribution is 2.22. The first-order valence-corrected chi connectivity index (χ1v) is 11.3. The van der Waals surface area contributed by atoms with Gasteiger partial charge in [-0.15, -0.1) is 0 Å². The van der Waals surface area contributed by atoms with Crippen LogP contribution in [0.1, 0.15) is 24.0 Å². The van der Waals surface area contributed by atoms with E-state index in [4.69, 9.17) is 4.74 Å². The zero-order valence-electron chi connectivity index (χ0n) is 18.3. The molecule has 0 bridgehead atoms. The van der Waals surface area contributed by atoms with Crippen LogP contribution in [0.5, 0.6) is 0 Å². The number of esters is 1. The van der Waals surface area contributed by atoms with Crippen LogP contribution >= 0.6 is 0 Å². The number of amides is 1. The Hall–Kier alpha value is -3.40. The molecule has 0 radical (unpaired) electrons. The average molecular weight is 428 g/mol. The van der Waals surface area contributed by atoms with Crippen molar-refractivity contribution in [1.29, 1.82) is 0 Å². The SMILES string of the molecule is O=C(Cc1ccc(-c2ccccc2)cc1)OCC(=O)N1CCC(Cc2ccccc2)CC1. The first kappa shape index (κ1) is 21.8. The van der Waals surface area contributed by atoms with E-state index < -0.39 is 0 Å². The van der Waals surface area contributed by atoms with Crippen LogP contribution in [-0.4, -0.2) is 36.5 Å². The molecule has 1 aliphatic rings. The van der Waals surface area contributed by atoms with Gasteiger partial charge in [0.2, 0.25) is 0 Å². The van der Waals surface area contributed by atoms with Crippen LogP contribution in [0, 0.1) is 5.92 Å². The van der Waals surface area contributed by atoms with E-state index in [9.17, 15) is 9.59 Å². The number of likely N-dealkylation sites (tertiary alicyclic amines) is 1. The third-order valence-corrected chi connectivity index (χ3v) is 6.10. The Morgan fingerprint density at radius 1 is 0.750 bits per heavy atom. The maximum absolute atomic E-state index is 12.5. The Bertz CT molecular complexity index is 1010. The quantitative estimate of drug-likeness (QED) is 0.503. The first-order valence-electron chi connectivity index (χ1n) is 11.3. The van der Waals surface area contributed by atoms with E-state index in [1.165, 1.54) is 5.56 Å². The van der Waals surface area contributed by atoms with Gasteiger partial charge in [0.15, 0.2) is 6.61 Å². The van der Waals surface area contributed by atoms with E-state index in [1.807, 2.05) is 53.4 Å². The Kier molecular flexibility index (Phi) is 7.34. The number of carbonyl (C=O) groups is 2. The number of carbonyl (C=O) groups excluding carboxylic acids is 2. The van der Waals surface area contributed by atoms with Gasteiger partial charge in [0.1, 0.15) is 0 Å². The molecule has 0 spiro atoms. The Morgan fingerprint density at radius 3 is 2.00 bits per heavy atom. The summed E-state index contributed by atoms with van der Waals surface area (Å²) >= 11 is 0. The molecule has 4 heteroatoms. The highest BCUT2D eigenvalue weighted by Gasteiger charge is 2.23. The number of nitrogens with zero attached hydrogens (tertiary/aromatic N) is 1. The summed E-state index contributed by atoms with van der Waals surface area (Å²) in [4.78, 5) is 26.5. The second-order valence-corrected chi connectivity index (χ2v) is 8.41. The number of piperidine rings is 1. The molecule has 0 saturated carbocycles. The molecule has 1 heterocycles. The summed E-state index contributed by atoms with van der Waals surface area (Å²) in [7, 11) is 0. The topological polar surface area (TPSA) is 46.6 Å². The van der Waals surface area contributed by atoms with E-state index in [1.54, 1.807) is 0 Å².